The van der Waals surface area contributed by atoms with Crippen LogP contribution in [-0.4, -0.2) is 37.2 Å². The number of carbonyl (C=O) groups is 3. The van der Waals surface area contributed by atoms with Crippen LogP contribution in [0.25, 0.3) is 0 Å². The number of ether oxygens (including phenoxy) is 3. The van der Waals surface area contributed by atoms with Gasteiger partial charge in [0, 0.05) is 19.3 Å². The fourth-order valence-corrected chi connectivity index (χ4v) is 8.62. The first-order chi connectivity index (χ1) is 40.0. The molecule has 0 amide bonds. The molecule has 1 unspecified atom stereocenters. The molecule has 0 bridgehead atoms. The summed E-state index contributed by atoms with van der Waals surface area (Å²) in [4.78, 5) is 38.4. The van der Waals surface area contributed by atoms with E-state index in [1.807, 2.05) is 0 Å². The zero-order valence-corrected chi connectivity index (χ0v) is 52.2. The van der Waals surface area contributed by atoms with Crippen molar-refractivity contribution < 1.29 is 28.6 Å². The third kappa shape index (κ3) is 65.7. The summed E-state index contributed by atoms with van der Waals surface area (Å²) < 4.78 is 16.9. The molecule has 0 aliphatic heterocycles. The van der Waals surface area contributed by atoms with Gasteiger partial charge in [-0.25, -0.2) is 0 Å². The van der Waals surface area contributed by atoms with Crippen LogP contribution >= 0.6 is 0 Å². The standard InChI is InChI=1S/C75H120O6/c1-4-7-10-13-16-19-22-25-28-31-33-34-35-36-37-38-39-40-42-44-47-50-53-56-59-62-65-68-74(77)80-71-72(70-79-73(76)67-64-61-58-55-52-49-46-43-30-27-24-21-18-15-12-9-6-3)81-75(78)69-66-63-60-57-54-51-48-45-41-32-29-26-23-20-17-14-11-8-5-2/h7,9-10,12,16,18-19,21,25-30,33-34,36-37,39-40,44,46-47,49,53,56,72H,4-6,8,11,13-15,17,20,22-24,31-32,35,38,41-43,45,48,50-52,54-55,57-71H2,1-3H3/b10-7-,12-9-,19-16-,21-18-,28-25-,29-26-,30-27-,34-33-,37-36-,40-39-,47-44-,49-46-,56-53-. The largest absolute Gasteiger partial charge is 0.462 e. The molecule has 0 aliphatic rings. The second-order valence-corrected chi connectivity index (χ2v) is 21.3. The first-order valence-corrected chi connectivity index (χ1v) is 33.0. The van der Waals surface area contributed by atoms with Crippen molar-refractivity contribution in [2.75, 3.05) is 13.2 Å². The Kier molecular flexibility index (Phi) is 63.4. The van der Waals surface area contributed by atoms with E-state index in [-0.39, 0.29) is 31.1 Å². The van der Waals surface area contributed by atoms with Crippen molar-refractivity contribution >= 4 is 17.9 Å². The maximum atomic E-state index is 12.9. The Bertz CT molecular complexity index is 1810. The normalized spacial score (nSPS) is 13.2. The summed E-state index contributed by atoms with van der Waals surface area (Å²) in [6, 6.07) is 0. The Morgan fingerprint density at radius 1 is 0.259 bits per heavy atom. The second-order valence-electron chi connectivity index (χ2n) is 21.3. The predicted molar refractivity (Wildman–Crippen MR) is 352 cm³/mol. The molecule has 0 N–H and O–H groups in total. The van der Waals surface area contributed by atoms with E-state index in [4.69, 9.17) is 14.2 Å². The fourth-order valence-electron chi connectivity index (χ4n) is 8.62. The molecule has 0 saturated heterocycles. The van der Waals surface area contributed by atoms with Crippen molar-refractivity contribution in [1.29, 1.82) is 0 Å². The minimum Gasteiger partial charge on any atom is -0.462 e. The predicted octanol–water partition coefficient (Wildman–Crippen LogP) is 22.9. The summed E-state index contributed by atoms with van der Waals surface area (Å²) in [6.45, 7) is 6.36. The van der Waals surface area contributed by atoms with E-state index in [1.165, 1.54) is 89.9 Å². The minimum absolute atomic E-state index is 0.111. The Hall–Kier alpha value is -4.97. The molecule has 81 heavy (non-hydrogen) atoms. The third-order valence-electron chi connectivity index (χ3n) is 13.5. The molecule has 0 aromatic heterocycles. The van der Waals surface area contributed by atoms with Crippen LogP contribution < -0.4 is 0 Å². The smallest absolute Gasteiger partial charge is 0.306 e. The van der Waals surface area contributed by atoms with Crippen molar-refractivity contribution in [2.45, 2.75) is 284 Å². The molecule has 6 heteroatoms. The van der Waals surface area contributed by atoms with Gasteiger partial charge in [0.2, 0.25) is 0 Å². The maximum absolute atomic E-state index is 12.9. The van der Waals surface area contributed by atoms with E-state index in [2.05, 4.69) is 179 Å². The van der Waals surface area contributed by atoms with E-state index in [0.29, 0.717) is 25.7 Å². The number of hydrogen-bond acceptors (Lipinski definition) is 6. The molecular weight excluding hydrogens is 997 g/mol. The van der Waals surface area contributed by atoms with E-state index >= 15 is 0 Å². The van der Waals surface area contributed by atoms with Crippen LogP contribution in [0.3, 0.4) is 0 Å². The molecule has 0 aliphatic carbocycles. The average Bonchev–Trinajstić information content (AvgIpc) is 3.47. The lowest BCUT2D eigenvalue weighted by atomic mass is 10.1. The summed E-state index contributed by atoms with van der Waals surface area (Å²) >= 11 is 0. The van der Waals surface area contributed by atoms with Crippen molar-refractivity contribution in [1.82, 2.24) is 0 Å². The monoisotopic (exact) mass is 1120 g/mol. The van der Waals surface area contributed by atoms with E-state index in [0.717, 1.165) is 141 Å². The molecule has 0 aromatic carbocycles. The number of carbonyl (C=O) groups excluding carboxylic acids is 3. The van der Waals surface area contributed by atoms with Crippen LogP contribution in [0.15, 0.2) is 158 Å². The van der Waals surface area contributed by atoms with Gasteiger partial charge in [-0.15, -0.1) is 0 Å². The average molecular weight is 1120 g/mol. The van der Waals surface area contributed by atoms with Gasteiger partial charge < -0.3 is 14.2 Å². The Balaban J connectivity index is 4.51. The van der Waals surface area contributed by atoms with Crippen LogP contribution in [-0.2, 0) is 28.6 Å². The molecule has 6 nitrogen and oxygen atoms in total. The summed E-state index contributed by atoms with van der Waals surface area (Å²) in [5.74, 6) is -0.980. The molecule has 0 saturated carbocycles. The fraction of sp³-hybridized carbons (Fsp3) is 0.613. The van der Waals surface area contributed by atoms with Crippen LogP contribution in [0.4, 0.5) is 0 Å². The molecule has 0 spiro atoms. The molecule has 1 atom stereocenters. The van der Waals surface area contributed by atoms with Crippen LogP contribution in [0.2, 0.25) is 0 Å². The molecule has 0 rings (SSSR count). The lowest BCUT2D eigenvalue weighted by Crippen LogP contribution is -2.30. The number of hydrogen-bond donors (Lipinski definition) is 0. The van der Waals surface area contributed by atoms with Gasteiger partial charge in [-0.05, 0) is 148 Å². The van der Waals surface area contributed by atoms with Gasteiger partial charge >= 0.3 is 17.9 Å². The summed E-state index contributed by atoms with van der Waals surface area (Å²) in [5, 5.41) is 0. The van der Waals surface area contributed by atoms with E-state index in [9.17, 15) is 14.4 Å². The lowest BCUT2D eigenvalue weighted by molar-refractivity contribution is -0.167. The van der Waals surface area contributed by atoms with Gasteiger partial charge in [0.1, 0.15) is 13.2 Å². The van der Waals surface area contributed by atoms with Crippen molar-refractivity contribution in [3.63, 3.8) is 0 Å². The molecule has 456 valence electrons. The SMILES string of the molecule is CC/C=C\C/C=C\C/C=C\C/C=C\C/C=C\C/C=C\C/C=C\C/C=C\CCCCC(=O)OCC(COC(=O)CCCCCC/C=C\C/C=C\C/C=C\C/C=C\CC)OC(=O)CCCCCCCCCCC/C=C\CCCCCCCC. The molecular formula is C75H120O6. The first kappa shape index (κ1) is 76.0. The molecule has 0 fully saturated rings. The van der Waals surface area contributed by atoms with Gasteiger partial charge in [0.15, 0.2) is 6.10 Å². The van der Waals surface area contributed by atoms with E-state index in [1.54, 1.807) is 0 Å². The highest BCUT2D eigenvalue weighted by molar-refractivity contribution is 5.71. The first-order valence-electron chi connectivity index (χ1n) is 33.0. The number of unbranched alkanes of at least 4 members (excludes halogenated alkanes) is 21. The van der Waals surface area contributed by atoms with Crippen LogP contribution in [0, 0.1) is 0 Å². The van der Waals surface area contributed by atoms with Gasteiger partial charge in [-0.1, -0.05) is 269 Å². The Morgan fingerprint density at radius 2 is 0.481 bits per heavy atom. The molecule has 0 heterocycles. The van der Waals surface area contributed by atoms with Crippen molar-refractivity contribution in [3.8, 4) is 0 Å². The van der Waals surface area contributed by atoms with E-state index < -0.39 is 6.10 Å². The lowest BCUT2D eigenvalue weighted by Gasteiger charge is -2.18. The number of esters is 3. The zero-order valence-electron chi connectivity index (χ0n) is 52.2. The Labute approximate surface area is 499 Å². The summed E-state index contributed by atoms with van der Waals surface area (Å²) in [5.41, 5.74) is 0. The number of rotatable bonds is 58. The second kappa shape index (κ2) is 67.5. The highest BCUT2D eigenvalue weighted by Crippen LogP contribution is 2.15. The highest BCUT2D eigenvalue weighted by atomic mass is 16.6. The van der Waals surface area contributed by atoms with Gasteiger partial charge in [-0.3, -0.25) is 14.4 Å². The quantitative estimate of drug-likeness (QED) is 0.0261. The van der Waals surface area contributed by atoms with Gasteiger partial charge in [-0.2, -0.15) is 0 Å². The zero-order chi connectivity index (χ0) is 58.5. The van der Waals surface area contributed by atoms with Crippen molar-refractivity contribution in [3.05, 3.63) is 158 Å². The summed E-state index contributed by atoms with van der Waals surface area (Å²) in [6.07, 6.45) is 98.2. The van der Waals surface area contributed by atoms with Crippen LogP contribution in [0.5, 0.6) is 0 Å². The Morgan fingerprint density at radius 3 is 0.790 bits per heavy atom. The minimum atomic E-state index is -0.817. The molecule has 0 aromatic rings. The van der Waals surface area contributed by atoms with Gasteiger partial charge in [0.25, 0.3) is 0 Å². The highest BCUT2D eigenvalue weighted by Gasteiger charge is 2.19. The van der Waals surface area contributed by atoms with Crippen LogP contribution in [0.1, 0.15) is 278 Å². The number of allylic oxidation sites excluding steroid dienone is 26. The maximum Gasteiger partial charge on any atom is 0.306 e. The summed E-state index contributed by atoms with van der Waals surface area (Å²) in [7, 11) is 0. The molecule has 0 radical (unpaired) electrons. The third-order valence-corrected chi connectivity index (χ3v) is 13.5. The van der Waals surface area contributed by atoms with Crippen molar-refractivity contribution in [2.24, 2.45) is 0 Å². The topological polar surface area (TPSA) is 78.9 Å². The van der Waals surface area contributed by atoms with Gasteiger partial charge in [0.05, 0.1) is 0 Å².